The average Bonchev–Trinajstić information content (AvgIpc) is 2.05. The molecule has 1 aromatic rings. The molecule has 0 aliphatic rings. The Morgan fingerprint density at radius 2 is 2.17 bits per heavy atom. The lowest BCUT2D eigenvalue weighted by atomic mass is 10.1. The Labute approximate surface area is 80.8 Å². The van der Waals surface area contributed by atoms with Gasteiger partial charge >= 0.3 is 0 Å². The first-order valence-electron chi connectivity index (χ1n) is 3.74. The van der Waals surface area contributed by atoms with Crippen molar-refractivity contribution in [2.75, 3.05) is 7.11 Å². The molecule has 0 saturated carbocycles. The molecule has 0 unspecified atom stereocenters. The maximum absolute atomic E-state index is 5.72. The topological polar surface area (TPSA) is 35.2 Å². The van der Waals surface area contributed by atoms with E-state index in [-0.39, 0.29) is 6.04 Å². The lowest BCUT2D eigenvalue weighted by Gasteiger charge is -2.08. The maximum atomic E-state index is 5.72. The van der Waals surface area contributed by atoms with Gasteiger partial charge in [-0.2, -0.15) is 0 Å². The van der Waals surface area contributed by atoms with Crippen molar-refractivity contribution < 1.29 is 4.74 Å². The smallest absolute Gasteiger partial charge is 0.133 e. The normalized spacial score (nSPS) is 12.7. The summed E-state index contributed by atoms with van der Waals surface area (Å²) in [6, 6.07) is 5.91. The number of nitrogens with two attached hydrogens (primary N) is 1. The number of halogens is 1. The predicted molar refractivity (Wildman–Crippen MR) is 53.3 cm³/mol. The van der Waals surface area contributed by atoms with Crippen LogP contribution >= 0.6 is 15.9 Å². The lowest BCUT2D eigenvalue weighted by molar-refractivity contribution is 0.411. The molecule has 0 amide bonds. The van der Waals surface area contributed by atoms with Gasteiger partial charge in [-0.15, -0.1) is 0 Å². The molecule has 0 heterocycles. The Bertz CT molecular complexity index is 273. The minimum absolute atomic E-state index is 0.0481. The Morgan fingerprint density at radius 1 is 1.50 bits per heavy atom. The van der Waals surface area contributed by atoms with E-state index < -0.39 is 0 Å². The van der Waals surface area contributed by atoms with E-state index in [2.05, 4.69) is 15.9 Å². The highest BCUT2D eigenvalue weighted by molar-refractivity contribution is 9.10. The molecule has 0 aromatic heterocycles. The van der Waals surface area contributed by atoms with Crippen molar-refractivity contribution in [3.8, 4) is 5.75 Å². The number of ether oxygens (including phenoxy) is 1. The molecule has 0 fully saturated rings. The third-order valence-corrected chi connectivity index (χ3v) is 2.36. The van der Waals surface area contributed by atoms with Crippen molar-refractivity contribution in [1.29, 1.82) is 0 Å². The van der Waals surface area contributed by atoms with Gasteiger partial charge in [-0.25, -0.2) is 0 Å². The predicted octanol–water partition coefficient (Wildman–Crippen LogP) is 2.48. The van der Waals surface area contributed by atoms with Crippen LogP contribution in [-0.4, -0.2) is 7.11 Å². The lowest BCUT2D eigenvalue weighted by Crippen LogP contribution is -2.04. The summed E-state index contributed by atoms with van der Waals surface area (Å²) in [5.41, 5.74) is 6.80. The van der Waals surface area contributed by atoms with E-state index in [1.807, 2.05) is 25.1 Å². The molecule has 0 radical (unpaired) electrons. The average molecular weight is 230 g/mol. The molecule has 0 saturated heterocycles. The van der Waals surface area contributed by atoms with Crippen LogP contribution in [0.15, 0.2) is 22.7 Å². The SMILES string of the molecule is COc1cc([C@@H](C)N)ccc1Br. The fourth-order valence-electron chi connectivity index (χ4n) is 0.960. The molecule has 2 nitrogen and oxygen atoms in total. The Morgan fingerprint density at radius 3 is 2.67 bits per heavy atom. The summed E-state index contributed by atoms with van der Waals surface area (Å²) in [6.45, 7) is 1.95. The number of benzene rings is 1. The first kappa shape index (κ1) is 9.55. The molecule has 0 spiro atoms. The molecule has 12 heavy (non-hydrogen) atoms. The fourth-order valence-corrected chi connectivity index (χ4v) is 1.37. The Balaban J connectivity index is 3.05. The standard InChI is InChI=1S/C9H12BrNO/c1-6(11)7-3-4-8(10)9(5-7)12-2/h3-6H,11H2,1-2H3/t6-/m1/s1. The molecule has 0 aliphatic carbocycles. The van der Waals surface area contributed by atoms with Crippen LogP contribution in [0, 0.1) is 0 Å². The van der Waals surface area contributed by atoms with Gasteiger partial charge in [-0.1, -0.05) is 6.07 Å². The second-order valence-electron chi connectivity index (χ2n) is 2.68. The van der Waals surface area contributed by atoms with Crippen molar-refractivity contribution in [3.05, 3.63) is 28.2 Å². The van der Waals surface area contributed by atoms with Crippen molar-refractivity contribution in [1.82, 2.24) is 0 Å². The fraction of sp³-hybridized carbons (Fsp3) is 0.333. The van der Waals surface area contributed by atoms with Crippen LogP contribution in [0.5, 0.6) is 5.75 Å². The summed E-state index contributed by atoms with van der Waals surface area (Å²) >= 11 is 3.37. The van der Waals surface area contributed by atoms with Crippen LogP contribution in [0.1, 0.15) is 18.5 Å². The molecule has 1 atom stereocenters. The van der Waals surface area contributed by atoms with E-state index >= 15 is 0 Å². The molecule has 3 heteroatoms. The molecule has 66 valence electrons. The second kappa shape index (κ2) is 3.92. The highest BCUT2D eigenvalue weighted by atomic mass is 79.9. The van der Waals surface area contributed by atoms with Crippen LogP contribution in [0.4, 0.5) is 0 Å². The zero-order chi connectivity index (χ0) is 9.14. The zero-order valence-electron chi connectivity index (χ0n) is 7.17. The summed E-state index contributed by atoms with van der Waals surface area (Å²) in [5, 5.41) is 0. The van der Waals surface area contributed by atoms with Gasteiger partial charge in [0.25, 0.3) is 0 Å². The van der Waals surface area contributed by atoms with Gasteiger partial charge in [-0.05, 0) is 40.5 Å². The van der Waals surface area contributed by atoms with Gasteiger partial charge in [0.1, 0.15) is 5.75 Å². The molecule has 1 aromatic carbocycles. The molecule has 1 rings (SSSR count). The van der Waals surface area contributed by atoms with Crippen molar-refractivity contribution in [2.24, 2.45) is 5.73 Å². The molecule has 0 aliphatic heterocycles. The van der Waals surface area contributed by atoms with E-state index in [9.17, 15) is 0 Å². The third kappa shape index (κ3) is 1.99. The Hall–Kier alpha value is -0.540. The van der Waals surface area contributed by atoms with E-state index in [1.54, 1.807) is 7.11 Å². The van der Waals surface area contributed by atoms with Gasteiger partial charge in [-0.3, -0.25) is 0 Å². The Kier molecular flexibility index (Phi) is 3.12. The van der Waals surface area contributed by atoms with Crippen LogP contribution in [0.2, 0.25) is 0 Å². The largest absolute Gasteiger partial charge is 0.496 e. The summed E-state index contributed by atoms with van der Waals surface area (Å²) in [4.78, 5) is 0. The molecular weight excluding hydrogens is 218 g/mol. The minimum Gasteiger partial charge on any atom is -0.496 e. The molecule has 2 N–H and O–H groups in total. The summed E-state index contributed by atoms with van der Waals surface area (Å²) in [7, 11) is 1.64. The van der Waals surface area contributed by atoms with Crippen molar-refractivity contribution in [3.63, 3.8) is 0 Å². The van der Waals surface area contributed by atoms with Gasteiger partial charge in [0.05, 0.1) is 11.6 Å². The molecular formula is C9H12BrNO. The second-order valence-corrected chi connectivity index (χ2v) is 3.54. The van der Waals surface area contributed by atoms with Crippen molar-refractivity contribution >= 4 is 15.9 Å². The minimum atomic E-state index is 0.0481. The highest BCUT2D eigenvalue weighted by Gasteiger charge is 2.03. The molecule has 0 bridgehead atoms. The third-order valence-electron chi connectivity index (χ3n) is 1.70. The quantitative estimate of drug-likeness (QED) is 0.846. The number of rotatable bonds is 2. The number of methoxy groups -OCH3 is 1. The maximum Gasteiger partial charge on any atom is 0.133 e. The summed E-state index contributed by atoms with van der Waals surface area (Å²) < 4.78 is 6.09. The summed E-state index contributed by atoms with van der Waals surface area (Å²) in [6.07, 6.45) is 0. The van der Waals surface area contributed by atoms with Gasteiger partial charge in [0, 0.05) is 6.04 Å². The van der Waals surface area contributed by atoms with Gasteiger partial charge < -0.3 is 10.5 Å². The van der Waals surface area contributed by atoms with Crippen LogP contribution < -0.4 is 10.5 Å². The van der Waals surface area contributed by atoms with Crippen LogP contribution in [0.3, 0.4) is 0 Å². The monoisotopic (exact) mass is 229 g/mol. The van der Waals surface area contributed by atoms with Gasteiger partial charge in [0.15, 0.2) is 0 Å². The van der Waals surface area contributed by atoms with Crippen molar-refractivity contribution in [2.45, 2.75) is 13.0 Å². The van der Waals surface area contributed by atoms with E-state index in [0.717, 1.165) is 15.8 Å². The number of hydrogen-bond donors (Lipinski definition) is 1. The highest BCUT2D eigenvalue weighted by Crippen LogP contribution is 2.27. The zero-order valence-corrected chi connectivity index (χ0v) is 8.76. The van der Waals surface area contributed by atoms with E-state index in [4.69, 9.17) is 10.5 Å². The van der Waals surface area contributed by atoms with Crippen LogP contribution in [0.25, 0.3) is 0 Å². The van der Waals surface area contributed by atoms with Crippen LogP contribution in [-0.2, 0) is 0 Å². The van der Waals surface area contributed by atoms with E-state index in [1.165, 1.54) is 0 Å². The van der Waals surface area contributed by atoms with Gasteiger partial charge in [0.2, 0.25) is 0 Å². The summed E-state index contributed by atoms with van der Waals surface area (Å²) in [5.74, 6) is 0.824. The first-order valence-corrected chi connectivity index (χ1v) is 4.53. The first-order chi connectivity index (χ1) is 5.65. The van der Waals surface area contributed by atoms with E-state index in [0.29, 0.717) is 0 Å². The number of hydrogen-bond acceptors (Lipinski definition) is 2.